The summed E-state index contributed by atoms with van der Waals surface area (Å²) in [5.41, 5.74) is 2.20. The van der Waals surface area contributed by atoms with E-state index in [2.05, 4.69) is 21.2 Å². The normalized spacial score (nSPS) is 14.3. The first-order valence-corrected chi connectivity index (χ1v) is 18.3. The zero-order valence-electron chi connectivity index (χ0n) is 24.9. The number of rotatable bonds is 7. The topological polar surface area (TPSA) is 266 Å². The van der Waals surface area contributed by atoms with Gasteiger partial charge in [-0.2, -0.15) is 30.4 Å². The molecule has 1 aliphatic rings. The van der Waals surface area contributed by atoms with Crippen molar-refractivity contribution in [2.75, 3.05) is 16.1 Å². The van der Waals surface area contributed by atoms with Crippen LogP contribution in [0.1, 0.15) is 15.9 Å². The molecule has 5 aromatic carbocycles. The molecule has 2 amide bonds. The fourth-order valence-corrected chi connectivity index (χ4v) is 7.16. The van der Waals surface area contributed by atoms with Gasteiger partial charge in [0, 0.05) is 39.2 Å². The zero-order chi connectivity index (χ0) is 36.2. The highest BCUT2D eigenvalue weighted by Gasteiger charge is 2.33. The maximum atomic E-state index is 13.5. The lowest BCUT2D eigenvalue weighted by Gasteiger charge is -2.18. The average Bonchev–Trinajstić information content (AvgIpc) is 3.02. The molecule has 0 spiro atoms. The molecule has 16 nitrogen and oxygen atoms in total. The van der Waals surface area contributed by atoms with Crippen molar-refractivity contribution in [2.45, 2.75) is 9.79 Å². The number of nitrogens with one attached hydrogen (secondary N) is 3. The Kier molecular flexibility index (Phi) is 8.42. The van der Waals surface area contributed by atoms with E-state index in [4.69, 9.17) is 0 Å². The monoisotopic (exact) mass is 738 g/mol. The molecule has 0 bridgehead atoms. The molecule has 19 heteroatoms. The standard InChI is InChI=1S/C31H22N4O12S3/c36-26-15-20(48(39,40)41)13-16-11-18(5-7-21(16)26)32-31(38)33-19-6-8-22-17(12-19)14-28(50(45,46)47)29(30(22)37)35-34-25-9-10-27(49(42,43)44)24-4-2-1-3-23(24)25/h1-15,34,36H,(H2,32,33,38)(H,39,40,41)(H,42,43,44)(H,45,46,47)/b35-29-. The van der Waals surface area contributed by atoms with E-state index in [0.29, 0.717) is 0 Å². The van der Waals surface area contributed by atoms with Gasteiger partial charge in [0.05, 0.1) is 10.6 Å². The fraction of sp³-hybridized carbons (Fsp3) is 0. The number of ketones is 1. The van der Waals surface area contributed by atoms with Gasteiger partial charge in [0.25, 0.3) is 30.4 Å². The van der Waals surface area contributed by atoms with Gasteiger partial charge < -0.3 is 15.7 Å². The van der Waals surface area contributed by atoms with Crippen molar-refractivity contribution < 1.29 is 53.6 Å². The fourth-order valence-electron chi connectivity index (χ4n) is 5.27. The minimum Gasteiger partial charge on any atom is -0.507 e. The Bertz CT molecular complexity index is 2710. The molecule has 0 heterocycles. The van der Waals surface area contributed by atoms with Crippen LogP contribution in [0.2, 0.25) is 0 Å². The number of urea groups is 1. The summed E-state index contributed by atoms with van der Waals surface area (Å²) in [6.45, 7) is 0. The summed E-state index contributed by atoms with van der Waals surface area (Å²) in [5, 5.41) is 19.9. The van der Waals surface area contributed by atoms with E-state index >= 15 is 0 Å². The second kappa shape index (κ2) is 12.3. The second-order valence-electron chi connectivity index (χ2n) is 10.8. The van der Waals surface area contributed by atoms with E-state index in [9.17, 15) is 53.6 Å². The number of phenolic OH excluding ortho intramolecular Hbond substituents is 1. The molecule has 0 fully saturated rings. The molecule has 7 N–H and O–H groups in total. The molecule has 6 rings (SSSR count). The number of anilines is 3. The Morgan fingerprint density at radius 3 is 2.00 bits per heavy atom. The van der Waals surface area contributed by atoms with Crippen LogP contribution in [0.3, 0.4) is 0 Å². The maximum Gasteiger partial charge on any atom is 0.323 e. The Morgan fingerprint density at radius 1 is 0.680 bits per heavy atom. The van der Waals surface area contributed by atoms with Crippen LogP contribution < -0.4 is 16.1 Å². The van der Waals surface area contributed by atoms with Crippen molar-refractivity contribution in [1.82, 2.24) is 0 Å². The highest BCUT2D eigenvalue weighted by molar-refractivity contribution is 7.91. The van der Waals surface area contributed by atoms with Crippen LogP contribution >= 0.6 is 0 Å². The molecule has 0 saturated heterocycles. The smallest absolute Gasteiger partial charge is 0.323 e. The van der Waals surface area contributed by atoms with E-state index in [1.54, 1.807) is 6.07 Å². The first kappa shape index (κ1) is 34.2. The third-order valence-corrected chi connectivity index (χ3v) is 10.1. The van der Waals surface area contributed by atoms with Crippen LogP contribution in [0.15, 0.2) is 105 Å². The number of amides is 2. The third-order valence-electron chi connectivity index (χ3n) is 7.48. The zero-order valence-corrected chi connectivity index (χ0v) is 27.3. The number of allylic oxidation sites excluding steroid dienone is 1. The summed E-state index contributed by atoms with van der Waals surface area (Å²) in [6, 6.07) is 17.6. The number of hydrogen-bond donors (Lipinski definition) is 7. The first-order valence-electron chi connectivity index (χ1n) is 13.9. The molecule has 0 unspecified atom stereocenters. The minimum atomic E-state index is -5.05. The lowest BCUT2D eigenvalue weighted by molar-refractivity contribution is 0.106. The number of Topliss-reactive ketones (excluding diaryl/α,β-unsaturated/α-hetero) is 1. The van der Waals surface area contributed by atoms with Crippen molar-refractivity contribution >= 4 is 92.6 Å². The van der Waals surface area contributed by atoms with Crippen LogP contribution in [0, 0.1) is 0 Å². The average molecular weight is 739 g/mol. The SMILES string of the molecule is O=C(Nc1ccc2c(c1)C=C(S(=O)(=O)O)/C(=N/Nc1ccc(S(=O)(=O)O)c3ccccc13)C2=O)Nc1ccc2c(O)cc(S(=O)(=O)O)cc2c1. The van der Waals surface area contributed by atoms with E-state index in [1.807, 2.05) is 0 Å². The molecule has 0 saturated carbocycles. The van der Waals surface area contributed by atoms with Gasteiger partial charge >= 0.3 is 6.03 Å². The number of fused-ring (bicyclic) bond motifs is 3. The largest absolute Gasteiger partial charge is 0.507 e. The summed E-state index contributed by atoms with van der Waals surface area (Å²) in [6.07, 6.45) is 0.970. The number of hydrazone groups is 1. The number of nitrogens with zero attached hydrogens (tertiary/aromatic N) is 1. The number of aromatic hydroxyl groups is 1. The number of phenols is 1. The van der Waals surface area contributed by atoms with Crippen molar-refractivity contribution in [3.05, 3.63) is 101 Å². The van der Waals surface area contributed by atoms with Crippen LogP contribution in [0.4, 0.5) is 21.9 Å². The molecule has 0 aliphatic heterocycles. The third kappa shape index (κ3) is 6.76. The van der Waals surface area contributed by atoms with Crippen molar-refractivity contribution in [1.29, 1.82) is 0 Å². The molecule has 0 aromatic heterocycles. The number of carbonyl (C=O) groups is 2. The second-order valence-corrected chi connectivity index (χ2v) is 15.0. The lowest BCUT2D eigenvalue weighted by atomic mass is 9.94. The maximum absolute atomic E-state index is 13.5. The first-order chi connectivity index (χ1) is 23.4. The molecule has 5 aromatic rings. The van der Waals surface area contributed by atoms with E-state index in [0.717, 1.165) is 24.3 Å². The van der Waals surface area contributed by atoms with Crippen LogP contribution in [0.5, 0.6) is 5.75 Å². The quantitative estimate of drug-likeness (QED) is 0.0881. The molecular weight excluding hydrogens is 717 g/mol. The van der Waals surface area contributed by atoms with Gasteiger partial charge in [-0.05, 0) is 71.6 Å². The predicted molar refractivity (Wildman–Crippen MR) is 183 cm³/mol. The molecule has 256 valence electrons. The van der Waals surface area contributed by atoms with E-state index < -0.39 is 68.3 Å². The van der Waals surface area contributed by atoms with Gasteiger partial charge in [-0.3, -0.25) is 23.9 Å². The summed E-state index contributed by atoms with van der Waals surface area (Å²) in [4.78, 5) is 24.5. The number of benzene rings is 5. The Labute approximate surface area is 283 Å². The molecule has 1 aliphatic carbocycles. The van der Waals surface area contributed by atoms with Crippen molar-refractivity contribution in [3.8, 4) is 5.75 Å². The van der Waals surface area contributed by atoms with E-state index in [-0.39, 0.29) is 49.7 Å². The van der Waals surface area contributed by atoms with Crippen molar-refractivity contribution in [3.63, 3.8) is 0 Å². The Morgan fingerprint density at radius 2 is 1.34 bits per heavy atom. The number of hydrogen-bond acceptors (Lipinski definition) is 11. The molecule has 0 radical (unpaired) electrons. The molecule has 0 atom stereocenters. The van der Waals surface area contributed by atoms with E-state index in [1.165, 1.54) is 60.7 Å². The van der Waals surface area contributed by atoms with Gasteiger partial charge in [0.2, 0.25) is 5.78 Å². The van der Waals surface area contributed by atoms with Gasteiger partial charge in [-0.1, -0.05) is 24.3 Å². The van der Waals surface area contributed by atoms with Gasteiger partial charge in [0.1, 0.15) is 15.6 Å². The Balaban J connectivity index is 1.27. The Hall–Kier alpha value is -5.70. The highest BCUT2D eigenvalue weighted by atomic mass is 32.2. The van der Waals surface area contributed by atoms with Gasteiger partial charge in [-0.15, -0.1) is 0 Å². The number of carbonyl (C=O) groups excluding carboxylic acids is 2. The van der Waals surface area contributed by atoms with Crippen molar-refractivity contribution in [2.24, 2.45) is 5.10 Å². The lowest BCUT2D eigenvalue weighted by Crippen LogP contribution is -2.27. The van der Waals surface area contributed by atoms with Gasteiger partial charge in [-0.25, -0.2) is 4.79 Å². The predicted octanol–water partition coefficient (Wildman–Crippen LogP) is 4.73. The van der Waals surface area contributed by atoms with Crippen LogP contribution in [-0.4, -0.2) is 61.5 Å². The summed E-state index contributed by atoms with van der Waals surface area (Å²) in [5.74, 6) is -1.33. The van der Waals surface area contributed by atoms with Gasteiger partial charge in [0.15, 0.2) is 5.71 Å². The van der Waals surface area contributed by atoms with Crippen LogP contribution in [0.25, 0.3) is 27.6 Å². The van der Waals surface area contributed by atoms with Crippen LogP contribution in [-0.2, 0) is 30.4 Å². The highest BCUT2D eigenvalue weighted by Crippen LogP contribution is 2.33. The summed E-state index contributed by atoms with van der Waals surface area (Å²) < 4.78 is 100. The summed E-state index contributed by atoms with van der Waals surface area (Å²) in [7, 11) is -14.3. The summed E-state index contributed by atoms with van der Waals surface area (Å²) >= 11 is 0. The molecular formula is C31H22N4O12S3. The minimum absolute atomic E-state index is 0.00116. The molecule has 50 heavy (non-hydrogen) atoms.